The third-order valence-electron chi connectivity index (χ3n) is 5.88. The van der Waals surface area contributed by atoms with Crippen molar-refractivity contribution >= 4 is 22.5 Å². The van der Waals surface area contributed by atoms with Crippen molar-refractivity contribution in [3.8, 4) is 5.75 Å². The molecule has 1 aliphatic heterocycles. The maximum Gasteiger partial charge on any atom is 0.241 e. The fraction of sp³-hybridized carbons (Fsp3) is 0.348. The second-order valence-electron chi connectivity index (χ2n) is 7.49. The third-order valence-corrected chi connectivity index (χ3v) is 5.88. The van der Waals surface area contributed by atoms with Crippen LogP contribution in [0.4, 0.5) is 5.69 Å². The molecule has 1 amide bonds. The number of nitrogens with zero attached hydrogens (tertiary/aromatic N) is 1. The van der Waals surface area contributed by atoms with Gasteiger partial charge in [0, 0.05) is 22.8 Å². The topological polar surface area (TPSA) is 57.4 Å². The van der Waals surface area contributed by atoms with E-state index in [0.717, 1.165) is 37.4 Å². The van der Waals surface area contributed by atoms with Crippen LogP contribution in [0.1, 0.15) is 31.2 Å². The molecule has 1 unspecified atom stereocenters. The van der Waals surface area contributed by atoms with Crippen molar-refractivity contribution in [1.82, 2.24) is 9.88 Å². The summed E-state index contributed by atoms with van der Waals surface area (Å²) >= 11 is 0. The van der Waals surface area contributed by atoms with E-state index < -0.39 is 0 Å². The van der Waals surface area contributed by atoms with E-state index >= 15 is 0 Å². The summed E-state index contributed by atoms with van der Waals surface area (Å²) in [6.07, 6.45) is 4.30. The Morgan fingerprint density at radius 3 is 2.57 bits per heavy atom. The molecule has 2 heterocycles. The highest BCUT2D eigenvalue weighted by molar-refractivity contribution is 5.94. The molecule has 2 N–H and O–H groups in total. The Hall–Kier alpha value is -2.79. The summed E-state index contributed by atoms with van der Waals surface area (Å²) in [5, 5.41) is 4.34. The number of ether oxygens (including phenoxy) is 1. The normalized spacial score (nSPS) is 16.8. The number of carbonyl (C=O) groups excluding carboxylic acids is 1. The van der Waals surface area contributed by atoms with Gasteiger partial charge in [0.2, 0.25) is 5.91 Å². The predicted molar refractivity (Wildman–Crippen MR) is 113 cm³/mol. The van der Waals surface area contributed by atoms with E-state index in [1.807, 2.05) is 31.2 Å². The Labute approximate surface area is 165 Å². The minimum absolute atomic E-state index is 0.0377. The first-order chi connectivity index (χ1) is 13.7. The second kappa shape index (κ2) is 8.07. The highest BCUT2D eigenvalue weighted by atomic mass is 16.5. The number of para-hydroxylation sites is 1. The van der Waals surface area contributed by atoms with E-state index in [2.05, 4.69) is 45.7 Å². The van der Waals surface area contributed by atoms with Crippen molar-refractivity contribution in [1.29, 1.82) is 0 Å². The zero-order valence-electron chi connectivity index (χ0n) is 16.4. The summed E-state index contributed by atoms with van der Waals surface area (Å²) in [7, 11) is 1.63. The molecule has 1 saturated heterocycles. The minimum atomic E-state index is -0.147. The number of aromatic nitrogens is 1. The number of H-pyrrole nitrogens is 1. The molecule has 0 spiro atoms. The third kappa shape index (κ3) is 3.76. The molecule has 1 aliphatic rings. The lowest BCUT2D eigenvalue weighted by Crippen LogP contribution is -2.45. The molecule has 1 aromatic heterocycles. The van der Waals surface area contributed by atoms with Gasteiger partial charge in [-0.15, -0.1) is 0 Å². The SMILES string of the molecule is COc1ccc(NC(=O)C(C)N2CCC(c3c[nH]c4ccccc34)CC2)cc1. The summed E-state index contributed by atoms with van der Waals surface area (Å²) in [6, 6.07) is 15.8. The Bertz CT molecular complexity index is 940. The Kier molecular flexibility index (Phi) is 5.35. The average molecular weight is 377 g/mol. The van der Waals surface area contributed by atoms with Crippen LogP contribution in [-0.2, 0) is 4.79 Å². The molecule has 1 fully saturated rings. The molecule has 0 aliphatic carbocycles. The van der Waals surface area contributed by atoms with Gasteiger partial charge >= 0.3 is 0 Å². The van der Waals surface area contributed by atoms with E-state index in [4.69, 9.17) is 4.74 Å². The number of likely N-dealkylation sites (tertiary alicyclic amines) is 1. The number of benzene rings is 2. The van der Waals surface area contributed by atoms with Crippen LogP contribution >= 0.6 is 0 Å². The molecule has 5 heteroatoms. The van der Waals surface area contributed by atoms with Gasteiger partial charge in [-0.25, -0.2) is 0 Å². The number of anilines is 1. The zero-order chi connectivity index (χ0) is 19.5. The Morgan fingerprint density at radius 2 is 1.86 bits per heavy atom. The molecule has 1 atom stereocenters. The van der Waals surface area contributed by atoms with Gasteiger partial charge in [-0.3, -0.25) is 9.69 Å². The van der Waals surface area contributed by atoms with E-state index in [9.17, 15) is 4.79 Å². The quantitative estimate of drug-likeness (QED) is 0.694. The van der Waals surface area contributed by atoms with Crippen LogP contribution in [0.15, 0.2) is 54.7 Å². The summed E-state index contributed by atoms with van der Waals surface area (Å²) in [6.45, 7) is 3.85. The van der Waals surface area contributed by atoms with Crippen LogP contribution in [0.25, 0.3) is 10.9 Å². The first kappa shape index (κ1) is 18.6. The van der Waals surface area contributed by atoms with Crippen LogP contribution < -0.4 is 10.1 Å². The van der Waals surface area contributed by atoms with Gasteiger partial charge in [-0.05, 0) is 74.7 Å². The smallest absolute Gasteiger partial charge is 0.241 e. The van der Waals surface area contributed by atoms with Gasteiger partial charge in [0.05, 0.1) is 13.2 Å². The van der Waals surface area contributed by atoms with Gasteiger partial charge in [-0.2, -0.15) is 0 Å². The van der Waals surface area contributed by atoms with Crippen molar-refractivity contribution < 1.29 is 9.53 Å². The number of methoxy groups -OCH3 is 1. The molecule has 0 radical (unpaired) electrons. The number of amides is 1. The van der Waals surface area contributed by atoms with Gasteiger partial charge in [0.15, 0.2) is 0 Å². The van der Waals surface area contributed by atoms with Crippen LogP contribution in [0.3, 0.4) is 0 Å². The molecule has 0 saturated carbocycles. The predicted octanol–water partition coefficient (Wildman–Crippen LogP) is 4.38. The number of hydrogen-bond donors (Lipinski definition) is 2. The van der Waals surface area contributed by atoms with Crippen LogP contribution in [-0.4, -0.2) is 42.0 Å². The maximum atomic E-state index is 12.7. The number of hydrogen-bond acceptors (Lipinski definition) is 3. The molecule has 0 bridgehead atoms. The van der Waals surface area contributed by atoms with E-state index in [1.165, 1.54) is 16.5 Å². The molecule has 28 heavy (non-hydrogen) atoms. The van der Waals surface area contributed by atoms with Gasteiger partial charge in [-0.1, -0.05) is 18.2 Å². The first-order valence-electron chi connectivity index (χ1n) is 9.90. The number of fused-ring (bicyclic) bond motifs is 1. The summed E-state index contributed by atoms with van der Waals surface area (Å²) in [5.41, 5.74) is 3.41. The fourth-order valence-corrected chi connectivity index (χ4v) is 4.12. The monoisotopic (exact) mass is 377 g/mol. The standard InChI is InChI=1S/C23H27N3O2/c1-16(23(27)25-18-7-9-19(28-2)10-8-18)26-13-11-17(12-14-26)21-15-24-22-6-4-3-5-20(21)22/h3-10,15-17,24H,11-14H2,1-2H3,(H,25,27). The molecular formula is C23H27N3O2. The van der Waals surface area contributed by atoms with Crippen LogP contribution in [0.5, 0.6) is 5.75 Å². The highest BCUT2D eigenvalue weighted by Crippen LogP contribution is 2.33. The van der Waals surface area contributed by atoms with Gasteiger partial charge < -0.3 is 15.0 Å². The first-order valence-corrected chi connectivity index (χ1v) is 9.90. The zero-order valence-corrected chi connectivity index (χ0v) is 16.4. The number of piperidine rings is 1. The summed E-state index contributed by atoms with van der Waals surface area (Å²) in [4.78, 5) is 18.3. The molecule has 4 rings (SSSR count). The van der Waals surface area contributed by atoms with Crippen molar-refractivity contribution in [2.75, 3.05) is 25.5 Å². The van der Waals surface area contributed by atoms with E-state index in [-0.39, 0.29) is 11.9 Å². The van der Waals surface area contributed by atoms with Crippen LogP contribution in [0.2, 0.25) is 0 Å². The second-order valence-corrected chi connectivity index (χ2v) is 7.49. The maximum absolute atomic E-state index is 12.7. The Morgan fingerprint density at radius 1 is 1.14 bits per heavy atom. The number of aromatic amines is 1. The van der Waals surface area contributed by atoms with E-state index in [0.29, 0.717) is 5.92 Å². The van der Waals surface area contributed by atoms with Gasteiger partial charge in [0.25, 0.3) is 0 Å². The van der Waals surface area contributed by atoms with Crippen molar-refractivity contribution in [3.63, 3.8) is 0 Å². The Balaban J connectivity index is 1.35. The summed E-state index contributed by atoms with van der Waals surface area (Å²) < 4.78 is 5.16. The van der Waals surface area contributed by atoms with Crippen molar-refractivity contribution in [3.05, 3.63) is 60.3 Å². The number of carbonyl (C=O) groups is 1. The lowest BCUT2D eigenvalue weighted by atomic mass is 9.88. The average Bonchev–Trinajstić information content (AvgIpc) is 3.18. The molecule has 3 aromatic rings. The number of rotatable bonds is 5. The van der Waals surface area contributed by atoms with E-state index in [1.54, 1.807) is 7.11 Å². The van der Waals surface area contributed by atoms with Crippen molar-refractivity contribution in [2.24, 2.45) is 0 Å². The molecule has 146 valence electrons. The molecule has 2 aromatic carbocycles. The lowest BCUT2D eigenvalue weighted by molar-refractivity contribution is -0.121. The van der Waals surface area contributed by atoms with Gasteiger partial charge in [0.1, 0.15) is 5.75 Å². The molecular weight excluding hydrogens is 350 g/mol. The largest absolute Gasteiger partial charge is 0.497 e. The lowest BCUT2D eigenvalue weighted by Gasteiger charge is -2.35. The highest BCUT2D eigenvalue weighted by Gasteiger charge is 2.28. The van der Waals surface area contributed by atoms with Crippen LogP contribution in [0, 0.1) is 0 Å². The number of nitrogens with one attached hydrogen (secondary N) is 2. The molecule has 5 nitrogen and oxygen atoms in total. The fourth-order valence-electron chi connectivity index (χ4n) is 4.12. The summed E-state index contributed by atoms with van der Waals surface area (Å²) in [5.74, 6) is 1.37. The van der Waals surface area contributed by atoms with Crippen molar-refractivity contribution in [2.45, 2.75) is 31.7 Å². The minimum Gasteiger partial charge on any atom is -0.497 e.